The smallest absolute Gasteiger partial charge is 0.314 e. The minimum atomic E-state index is -1.16. The van der Waals surface area contributed by atoms with E-state index >= 15 is 0 Å². The number of rotatable bonds is 3. The Morgan fingerprint density at radius 2 is 1.82 bits per heavy atom. The molecular formula is C26H31NO6. The first-order valence-electron chi connectivity index (χ1n) is 12.7. The van der Waals surface area contributed by atoms with Crippen LogP contribution in [-0.4, -0.2) is 57.4 Å². The monoisotopic (exact) mass is 453 g/mol. The molecule has 0 unspecified atom stereocenters. The first-order chi connectivity index (χ1) is 15.9. The lowest BCUT2D eigenvalue weighted by Gasteiger charge is -2.63. The Kier molecular flexibility index (Phi) is 4.13. The minimum Gasteiger partial charge on any atom is -0.482 e. The molecule has 7 heteroatoms. The van der Waals surface area contributed by atoms with Gasteiger partial charge in [-0.15, -0.1) is 0 Å². The zero-order chi connectivity index (χ0) is 22.5. The molecule has 2 heterocycles. The number of benzene rings is 1. The van der Waals surface area contributed by atoms with Crippen LogP contribution in [0.4, 0.5) is 0 Å². The molecule has 2 aliphatic heterocycles. The fourth-order valence-electron chi connectivity index (χ4n) is 7.58. The zero-order valence-corrected chi connectivity index (χ0v) is 18.8. The molecule has 33 heavy (non-hydrogen) atoms. The number of aliphatic hydroxyl groups is 2. The lowest BCUT2D eigenvalue weighted by Crippen LogP contribution is -2.77. The van der Waals surface area contributed by atoms with Crippen molar-refractivity contribution in [3.05, 3.63) is 23.3 Å². The highest BCUT2D eigenvalue weighted by Gasteiger charge is 2.73. The number of likely N-dealkylation sites (tertiary alicyclic amines) is 1. The Bertz CT molecular complexity index is 1050. The summed E-state index contributed by atoms with van der Waals surface area (Å²) in [5.41, 5.74) is -0.0119. The molecule has 2 N–H and O–H groups in total. The van der Waals surface area contributed by atoms with Crippen LogP contribution in [0, 0.1) is 11.8 Å². The van der Waals surface area contributed by atoms with Gasteiger partial charge in [0, 0.05) is 18.0 Å². The number of ether oxygens (including phenoxy) is 2. The highest BCUT2D eigenvalue weighted by atomic mass is 16.6. The molecule has 1 spiro atoms. The molecule has 4 aliphatic carbocycles. The third kappa shape index (κ3) is 2.42. The van der Waals surface area contributed by atoms with Crippen LogP contribution in [0.15, 0.2) is 12.1 Å². The van der Waals surface area contributed by atoms with Gasteiger partial charge in [0.15, 0.2) is 11.5 Å². The molecule has 7 nitrogen and oxygen atoms in total. The molecule has 3 saturated carbocycles. The van der Waals surface area contributed by atoms with Crippen LogP contribution in [0.25, 0.3) is 0 Å². The maximum absolute atomic E-state index is 13.3. The van der Waals surface area contributed by atoms with Gasteiger partial charge >= 0.3 is 5.97 Å². The summed E-state index contributed by atoms with van der Waals surface area (Å²) >= 11 is 0. The third-order valence-electron chi connectivity index (χ3n) is 9.80. The Morgan fingerprint density at radius 3 is 2.52 bits per heavy atom. The van der Waals surface area contributed by atoms with Gasteiger partial charge in [0.25, 0.3) is 0 Å². The highest BCUT2D eigenvalue weighted by Crippen LogP contribution is 2.65. The summed E-state index contributed by atoms with van der Waals surface area (Å²) in [5, 5.41) is 23.3. The number of carbonyl (C=O) groups is 2. The van der Waals surface area contributed by atoms with Gasteiger partial charge in [0.1, 0.15) is 6.10 Å². The van der Waals surface area contributed by atoms with Crippen molar-refractivity contribution in [1.29, 1.82) is 0 Å². The van der Waals surface area contributed by atoms with Crippen molar-refractivity contribution in [3.8, 4) is 11.5 Å². The lowest BCUT2D eigenvalue weighted by molar-refractivity contribution is -0.211. The quantitative estimate of drug-likeness (QED) is 0.538. The van der Waals surface area contributed by atoms with E-state index in [0.29, 0.717) is 43.7 Å². The van der Waals surface area contributed by atoms with Crippen LogP contribution in [0.3, 0.4) is 0 Å². The number of nitrogens with zero attached hydrogens (tertiary/aromatic N) is 1. The molecule has 1 saturated heterocycles. The number of piperidine rings is 1. The van der Waals surface area contributed by atoms with Crippen molar-refractivity contribution in [2.75, 3.05) is 6.54 Å². The van der Waals surface area contributed by atoms with Crippen LogP contribution in [0.1, 0.15) is 68.9 Å². The normalized spacial score (nSPS) is 38.6. The Balaban J connectivity index is 1.33. The van der Waals surface area contributed by atoms with Crippen molar-refractivity contribution < 1.29 is 29.3 Å². The fourth-order valence-corrected chi connectivity index (χ4v) is 7.58. The summed E-state index contributed by atoms with van der Waals surface area (Å²) < 4.78 is 12.2. The molecule has 1 amide bonds. The van der Waals surface area contributed by atoms with Crippen LogP contribution in [0.2, 0.25) is 0 Å². The molecule has 176 valence electrons. The molecule has 1 aromatic rings. The van der Waals surface area contributed by atoms with E-state index in [1.807, 2.05) is 11.0 Å². The van der Waals surface area contributed by atoms with E-state index < -0.39 is 23.2 Å². The van der Waals surface area contributed by atoms with E-state index in [1.54, 1.807) is 6.07 Å². The van der Waals surface area contributed by atoms with Gasteiger partial charge in [-0.25, -0.2) is 0 Å². The molecule has 5 atom stereocenters. The van der Waals surface area contributed by atoms with Gasteiger partial charge in [0.2, 0.25) is 5.91 Å². The Labute approximate surface area is 193 Å². The number of carbonyl (C=O) groups excluding carboxylic acids is 2. The van der Waals surface area contributed by atoms with E-state index in [4.69, 9.17) is 9.47 Å². The maximum Gasteiger partial charge on any atom is 0.314 e. The van der Waals surface area contributed by atoms with E-state index in [9.17, 15) is 19.8 Å². The first-order valence-corrected chi connectivity index (χ1v) is 12.7. The summed E-state index contributed by atoms with van der Waals surface area (Å²) in [4.78, 5) is 27.9. The molecule has 4 fully saturated rings. The second kappa shape index (κ2) is 6.72. The van der Waals surface area contributed by atoms with Crippen LogP contribution in [-0.2, 0) is 21.4 Å². The Morgan fingerprint density at radius 1 is 1.06 bits per heavy atom. The van der Waals surface area contributed by atoms with Crippen LogP contribution in [0.5, 0.6) is 11.5 Å². The summed E-state index contributed by atoms with van der Waals surface area (Å²) in [5.74, 6) is 0.891. The average Bonchev–Trinajstić information content (AvgIpc) is 3.05. The van der Waals surface area contributed by atoms with E-state index in [0.717, 1.165) is 49.7 Å². The van der Waals surface area contributed by atoms with Crippen molar-refractivity contribution in [2.45, 2.75) is 93.5 Å². The van der Waals surface area contributed by atoms with Gasteiger partial charge in [-0.3, -0.25) is 9.59 Å². The minimum absolute atomic E-state index is 0.0530. The summed E-state index contributed by atoms with van der Waals surface area (Å²) in [6, 6.07) is 3.45. The second-order valence-corrected chi connectivity index (χ2v) is 11.1. The lowest BCUT2D eigenvalue weighted by atomic mass is 9.48. The molecule has 7 rings (SSSR count). The molecule has 1 aromatic carbocycles. The van der Waals surface area contributed by atoms with E-state index in [2.05, 4.69) is 0 Å². The van der Waals surface area contributed by atoms with Crippen molar-refractivity contribution in [2.24, 2.45) is 11.8 Å². The second-order valence-electron chi connectivity index (χ2n) is 11.1. The van der Waals surface area contributed by atoms with Crippen LogP contribution >= 0.6 is 0 Å². The maximum atomic E-state index is 13.3. The predicted octanol–water partition coefficient (Wildman–Crippen LogP) is 2.23. The van der Waals surface area contributed by atoms with Crippen molar-refractivity contribution in [3.63, 3.8) is 0 Å². The van der Waals surface area contributed by atoms with Crippen molar-refractivity contribution in [1.82, 2.24) is 4.90 Å². The van der Waals surface area contributed by atoms with Gasteiger partial charge in [-0.1, -0.05) is 18.9 Å². The summed E-state index contributed by atoms with van der Waals surface area (Å²) in [6.45, 7) is 0.555. The number of esters is 1. The molecular weight excluding hydrogens is 422 g/mol. The number of hydrogen-bond donors (Lipinski definition) is 2. The SMILES string of the molecule is O=C(Oc1ccc2c3c1O[C@H]1[C@@H](O)CC[C@@]4(O)[C@@H](C2)N(C(=O)C2CCC2)CC[C@]314)C1CCC1. The first kappa shape index (κ1) is 20.3. The van der Waals surface area contributed by atoms with E-state index in [1.165, 1.54) is 0 Å². The highest BCUT2D eigenvalue weighted by molar-refractivity contribution is 5.81. The molecule has 0 radical (unpaired) electrons. The number of hydrogen-bond acceptors (Lipinski definition) is 6. The van der Waals surface area contributed by atoms with Gasteiger partial charge < -0.3 is 24.6 Å². The predicted molar refractivity (Wildman–Crippen MR) is 117 cm³/mol. The van der Waals surface area contributed by atoms with Gasteiger partial charge in [-0.05, 0) is 63.0 Å². The molecule has 6 aliphatic rings. The summed E-state index contributed by atoms with van der Waals surface area (Å²) in [6.07, 6.45) is 6.38. The molecule has 2 bridgehead atoms. The number of aliphatic hydroxyl groups excluding tert-OH is 1. The molecule has 0 aromatic heterocycles. The Hall–Kier alpha value is -2.12. The van der Waals surface area contributed by atoms with Gasteiger partial charge in [0.05, 0.1) is 29.1 Å². The number of amides is 1. The van der Waals surface area contributed by atoms with Crippen LogP contribution < -0.4 is 9.47 Å². The summed E-state index contributed by atoms with van der Waals surface area (Å²) in [7, 11) is 0. The average molecular weight is 454 g/mol. The topological polar surface area (TPSA) is 96.3 Å². The van der Waals surface area contributed by atoms with E-state index in [-0.39, 0.29) is 29.8 Å². The largest absolute Gasteiger partial charge is 0.482 e. The van der Waals surface area contributed by atoms with Gasteiger partial charge in [-0.2, -0.15) is 0 Å². The third-order valence-corrected chi connectivity index (χ3v) is 9.80. The van der Waals surface area contributed by atoms with Crippen molar-refractivity contribution >= 4 is 11.9 Å². The zero-order valence-electron chi connectivity index (χ0n) is 18.8. The standard InChI is InChI=1S/C26H31NO6/c28-17-9-10-26(31)19-13-16-7-8-18(32-24(30)15-5-2-6-15)21-20(16)25(26,22(17)33-21)11-12-27(19)23(29)14-3-1-4-14/h7-8,14-15,17,19,22,28,31H,1-6,9-13H2/t17-,19+,22-,25-,26+/m0/s1. The fraction of sp³-hybridized carbons (Fsp3) is 0.692.